The molecule has 2 rings (SSSR count). The normalized spacial score (nSPS) is 25.1. The monoisotopic (exact) mass is 193 g/mol. The molecule has 0 saturated carbocycles. The zero-order chi connectivity index (χ0) is 10.1. The molecule has 0 fully saturated rings. The number of hydrogen-bond donors (Lipinski definition) is 3. The molecule has 0 aromatic heterocycles. The number of fused-ring (bicyclic) bond motifs is 1. The van der Waals surface area contributed by atoms with E-state index in [9.17, 15) is 10.2 Å². The fourth-order valence-electron chi connectivity index (χ4n) is 1.56. The van der Waals surface area contributed by atoms with E-state index in [1.165, 1.54) is 12.3 Å². The zero-order valence-electron chi connectivity index (χ0n) is 7.47. The summed E-state index contributed by atoms with van der Waals surface area (Å²) in [6, 6.07) is 0. The van der Waals surface area contributed by atoms with Crippen molar-refractivity contribution >= 4 is 0 Å². The van der Waals surface area contributed by atoms with Crippen molar-refractivity contribution in [1.29, 1.82) is 0 Å². The summed E-state index contributed by atoms with van der Waals surface area (Å²) in [5.74, 6) is 0.120. The van der Waals surface area contributed by atoms with Gasteiger partial charge in [0.2, 0.25) is 0 Å². The minimum Gasteiger partial charge on any atom is -0.507 e. The second-order valence-electron chi connectivity index (χ2n) is 3.11. The smallest absolute Gasteiger partial charge is 0.153 e. The van der Waals surface area contributed by atoms with Gasteiger partial charge in [-0.15, -0.1) is 0 Å². The summed E-state index contributed by atoms with van der Waals surface area (Å²) in [7, 11) is 0. The van der Waals surface area contributed by atoms with Crippen molar-refractivity contribution < 1.29 is 14.9 Å². The molecule has 1 unspecified atom stereocenters. The maximum absolute atomic E-state index is 9.58. The number of rotatable bonds is 1. The molecule has 1 heterocycles. The van der Waals surface area contributed by atoms with Crippen LogP contribution in [0.2, 0.25) is 0 Å². The van der Waals surface area contributed by atoms with E-state index in [1.54, 1.807) is 12.2 Å². The molecule has 1 aliphatic carbocycles. The number of ether oxygens (including phenoxy) is 1. The van der Waals surface area contributed by atoms with Crippen LogP contribution in [0.3, 0.4) is 0 Å². The van der Waals surface area contributed by atoms with Crippen LogP contribution in [0.4, 0.5) is 0 Å². The molecule has 4 nitrogen and oxygen atoms in total. The van der Waals surface area contributed by atoms with E-state index < -0.39 is 0 Å². The zero-order valence-corrected chi connectivity index (χ0v) is 7.47. The molecule has 0 radical (unpaired) electrons. The van der Waals surface area contributed by atoms with Crippen LogP contribution in [0.1, 0.15) is 0 Å². The molecule has 0 amide bonds. The van der Waals surface area contributed by atoms with Gasteiger partial charge in [0.05, 0.1) is 18.7 Å². The standard InChI is InChI=1S/C10H11NO3/c11-5-9-6-1-2-8(12)10(13)7(6)3-4-14-9/h1-4,7,12-13H,5,11H2. The maximum atomic E-state index is 9.58. The Hall–Kier alpha value is -1.68. The van der Waals surface area contributed by atoms with Gasteiger partial charge in [0, 0.05) is 5.57 Å². The minimum atomic E-state index is -0.327. The van der Waals surface area contributed by atoms with Crippen molar-refractivity contribution in [1.82, 2.24) is 0 Å². The van der Waals surface area contributed by atoms with Gasteiger partial charge in [-0.25, -0.2) is 0 Å². The minimum absolute atomic E-state index is 0.0620. The van der Waals surface area contributed by atoms with Gasteiger partial charge in [0.25, 0.3) is 0 Å². The van der Waals surface area contributed by atoms with Crippen LogP contribution in [-0.2, 0) is 4.74 Å². The summed E-state index contributed by atoms with van der Waals surface area (Å²) in [6.07, 6.45) is 6.27. The molecule has 4 heteroatoms. The lowest BCUT2D eigenvalue weighted by Gasteiger charge is -2.24. The summed E-state index contributed by atoms with van der Waals surface area (Å²) in [5.41, 5.74) is 6.28. The molecule has 2 aliphatic rings. The molecule has 4 N–H and O–H groups in total. The predicted octanol–water partition coefficient (Wildman–Crippen LogP) is 1.26. The maximum Gasteiger partial charge on any atom is 0.153 e. The average molecular weight is 193 g/mol. The highest BCUT2D eigenvalue weighted by Gasteiger charge is 2.26. The second kappa shape index (κ2) is 3.23. The average Bonchev–Trinajstić information content (AvgIpc) is 2.23. The van der Waals surface area contributed by atoms with Crippen molar-refractivity contribution in [2.24, 2.45) is 11.7 Å². The summed E-state index contributed by atoms with van der Waals surface area (Å²) < 4.78 is 5.19. The van der Waals surface area contributed by atoms with E-state index in [4.69, 9.17) is 10.5 Å². The summed E-state index contributed by atoms with van der Waals surface area (Å²) in [4.78, 5) is 0. The Kier molecular flexibility index (Phi) is 2.05. The SMILES string of the molecule is NCC1=C2C=CC(O)=C(O)C2C=CO1. The number of hydrogen-bond acceptors (Lipinski definition) is 4. The Morgan fingerprint density at radius 1 is 1.36 bits per heavy atom. The van der Waals surface area contributed by atoms with E-state index in [2.05, 4.69) is 0 Å². The van der Waals surface area contributed by atoms with Crippen molar-refractivity contribution in [3.8, 4) is 0 Å². The Balaban J connectivity index is 2.45. The molecule has 0 saturated heterocycles. The van der Waals surface area contributed by atoms with Gasteiger partial charge in [-0.1, -0.05) is 6.08 Å². The van der Waals surface area contributed by atoms with Crippen LogP contribution in [0.5, 0.6) is 0 Å². The van der Waals surface area contributed by atoms with Crippen molar-refractivity contribution in [2.75, 3.05) is 6.54 Å². The van der Waals surface area contributed by atoms with Gasteiger partial charge in [0.1, 0.15) is 11.5 Å². The molecule has 0 aromatic carbocycles. The molecular formula is C10H11NO3. The van der Waals surface area contributed by atoms with Gasteiger partial charge in [-0.3, -0.25) is 0 Å². The lowest BCUT2D eigenvalue weighted by molar-refractivity contribution is 0.281. The summed E-state index contributed by atoms with van der Waals surface area (Å²) in [5, 5.41) is 18.9. The third-order valence-corrected chi connectivity index (χ3v) is 2.30. The largest absolute Gasteiger partial charge is 0.507 e. The van der Waals surface area contributed by atoms with Crippen molar-refractivity contribution in [2.45, 2.75) is 0 Å². The third-order valence-electron chi connectivity index (χ3n) is 2.30. The molecule has 1 atom stereocenters. The third kappa shape index (κ3) is 1.20. The number of aliphatic hydroxyl groups is 2. The van der Waals surface area contributed by atoms with E-state index in [-0.39, 0.29) is 24.0 Å². The van der Waals surface area contributed by atoms with E-state index >= 15 is 0 Å². The lowest BCUT2D eigenvalue weighted by Crippen LogP contribution is -2.18. The van der Waals surface area contributed by atoms with Crippen molar-refractivity contribution in [3.05, 3.63) is 47.3 Å². The highest BCUT2D eigenvalue weighted by atomic mass is 16.5. The van der Waals surface area contributed by atoms with Crippen LogP contribution < -0.4 is 5.73 Å². The first kappa shape index (κ1) is 8.90. The highest BCUT2D eigenvalue weighted by molar-refractivity contribution is 5.44. The molecule has 14 heavy (non-hydrogen) atoms. The molecule has 74 valence electrons. The molecule has 0 spiro atoms. The summed E-state index contributed by atoms with van der Waals surface area (Å²) in [6.45, 7) is 0.272. The first-order chi connectivity index (χ1) is 6.74. The molecular weight excluding hydrogens is 182 g/mol. The predicted molar refractivity (Wildman–Crippen MR) is 51.2 cm³/mol. The van der Waals surface area contributed by atoms with Crippen LogP contribution in [-0.4, -0.2) is 16.8 Å². The molecule has 1 aliphatic heterocycles. The van der Waals surface area contributed by atoms with Crippen LogP contribution >= 0.6 is 0 Å². The lowest BCUT2D eigenvalue weighted by atomic mass is 9.90. The van der Waals surface area contributed by atoms with Crippen molar-refractivity contribution in [3.63, 3.8) is 0 Å². The van der Waals surface area contributed by atoms with Crippen LogP contribution in [0.15, 0.2) is 47.3 Å². The number of aliphatic hydroxyl groups excluding tert-OH is 2. The number of allylic oxidation sites excluding steroid dienone is 3. The van der Waals surface area contributed by atoms with E-state index in [1.807, 2.05) is 0 Å². The number of nitrogens with two attached hydrogens (primary N) is 1. The van der Waals surface area contributed by atoms with Gasteiger partial charge in [-0.05, 0) is 12.2 Å². The Morgan fingerprint density at radius 3 is 2.86 bits per heavy atom. The van der Waals surface area contributed by atoms with Gasteiger partial charge in [0.15, 0.2) is 5.76 Å². The topological polar surface area (TPSA) is 75.7 Å². The van der Waals surface area contributed by atoms with E-state index in [0.717, 1.165) is 5.57 Å². The van der Waals surface area contributed by atoms with E-state index in [0.29, 0.717) is 5.76 Å². The molecule has 0 bridgehead atoms. The van der Waals surface area contributed by atoms with Crippen LogP contribution in [0.25, 0.3) is 0 Å². The Labute approximate surface area is 81.3 Å². The fraction of sp³-hybridized carbons (Fsp3) is 0.200. The summed E-state index contributed by atoms with van der Waals surface area (Å²) >= 11 is 0. The molecule has 0 aromatic rings. The van der Waals surface area contributed by atoms with Gasteiger partial charge >= 0.3 is 0 Å². The highest BCUT2D eigenvalue weighted by Crippen LogP contribution is 2.33. The van der Waals surface area contributed by atoms with Gasteiger partial charge in [-0.2, -0.15) is 0 Å². The Bertz CT molecular complexity index is 377. The quantitative estimate of drug-likeness (QED) is 0.586. The fourth-order valence-corrected chi connectivity index (χ4v) is 1.56. The Morgan fingerprint density at radius 2 is 2.14 bits per heavy atom. The first-order valence-corrected chi connectivity index (χ1v) is 4.30. The second-order valence-corrected chi connectivity index (χ2v) is 3.11. The van der Waals surface area contributed by atoms with Crippen LogP contribution in [0, 0.1) is 5.92 Å². The van der Waals surface area contributed by atoms with Gasteiger partial charge < -0.3 is 20.7 Å². The first-order valence-electron chi connectivity index (χ1n) is 4.30.